The van der Waals surface area contributed by atoms with E-state index in [4.69, 9.17) is 9.47 Å². The third-order valence-electron chi connectivity index (χ3n) is 11.5. The number of likely N-dealkylation sites (N-methyl/N-ethyl adjacent to an activating group) is 1. The van der Waals surface area contributed by atoms with Gasteiger partial charge in [0.2, 0.25) is 11.8 Å². The summed E-state index contributed by atoms with van der Waals surface area (Å²) in [5.74, 6) is 1.21. The zero-order valence-corrected chi connectivity index (χ0v) is 38.1. The third-order valence-corrected chi connectivity index (χ3v) is 11.5. The van der Waals surface area contributed by atoms with Crippen molar-refractivity contribution in [1.29, 1.82) is 0 Å². The first-order valence-electron chi connectivity index (χ1n) is 24.4. The van der Waals surface area contributed by atoms with Crippen molar-refractivity contribution in [1.82, 2.24) is 15.5 Å². The van der Waals surface area contributed by atoms with Gasteiger partial charge < -0.3 is 30.1 Å². The molecule has 8 nitrogen and oxygen atoms in total. The average molecular weight is 796 g/mol. The first kappa shape index (κ1) is 54.8. The van der Waals surface area contributed by atoms with Gasteiger partial charge in [0.15, 0.2) is 0 Å². The van der Waals surface area contributed by atoms with Crippen molar-refractivity contribution >= 4 is 11.8 Å². The first-order valence-corrected chi connectivity index (χ1v) is 24.4. The van der Waals surface area contributed by atoms with Crippen LogP contribution in [0.1, 0.15) is 220 Å². The van der Waals surface area contributed by atoms with Gasteiger partial charge in [-0.25, -0.2) is 0 Å². The minimum absolute atomic E-state index is 0.0484. The number of aliphatic hydroxyl groups is 1. The fraction of sp³-hybridized carbons (Fsp3) is 0.958. The SMILES string of the molecule is CCCCCCCCC(CCCCCCCC)CNC(=O)CCOCC(CN(C)CCO)OCCC(=O)NCC(CCCCCCCC)CCCCCCCC. The van der Waals surface area contributed by atoms with Crippen LogP contribution in [0.5, 0.6) is 0 Å². The Morgan fingerprint density at radius 1 is 0.536 bits per heavy atom. The number of hydrogen-bond acceptors (Lipinski definition) is 6. The summed E-state index contributed by atoms with van der Waals surface area (Å²) in [5, 5.41) is 15.9. The Kier molecular flexibility index (Phi) is 42.4. The molecule has 0 rings (SSSR count). The van der Waals surface area contributed by atoms with Gasteiger partial charge in [0.05, 0.1) is 32.5 Å². The van der Waals surface area contributed by atoms with E-state index in [0.29, 0.717) is 57.6 Å². The van der Waals surface area contributed by atoms with Gasteiger partial charge in [-0.2, -0.15) is 0 Å². The summed E-state index contributed by atoms with van der Waals surface area (Å²) in [6.07, 6.45) is 36.6. The van der Waals surface area contributed by atoms with Crippen LogP contribution in [0.4, 0.5) is 0 Å². The second-order valence-electron chi connectivity index (χ2n) is 17.1. The van der Waals surface area contributed by atoms with Gasteiger partial charge in [0, 0.05) is 39.0 Å². The van der Waals surface area contributed by atoms with Crippen LogP contribution < -0.4 is 10.6 Å². The highest BCUT2D eigenvalue weighted by atomic mass is 16.5. The summed E-state index contributed by atoms with van der Waals surface area (Å²) >= 11 is 0. The largest absolute Gasteiger partial charge is 0.395 e. The Morgan fingerprint density at radius 2 is 0.893 bits per heavy atom. The first-order chi connectivity index (χ1) is 27.4. The molecule has 1 atom stereocenters. The number of hydrogen-bond donors (Lipinski definition) is 3. The smallest absolute Gasteiger partial charge is 0.222 e. The predicted octanol–water partition coefficient (Wildman–Crippen LogP) is 11.6. The summed E-state index contributed by atoms with van der Waals surface area (Å²) < 4.78 is 12.1. The second-order valence-corrected chi connectivity index (χ2v) is 17.1. The van der Waals surface area contributed by atoms with Gasteiger partial charge in [-0.05, 0) is 44.6 Å². The van der Waals surface area contributed by atoms with E-state index in [2.05, 4.69) is 38.3 Å². The Balaban J connectivity index is 4.73. The van der Waals surface area contributed by atoms with Crippen molar-refractivity contribution in [3.05, 3.63) is 0 Å². The van der Waals surface area contributed by atoms with Crippen LogP contribution in [-0.4, -0.2) is 87.6 Å². The summed E-state index contributed by atoms with van der Waals surface area (Å²) in [6, 6.07) is 0. The van der Waals surface area contributed by atoms with Crippen LogP contribution in [0.15, 0.2) is 0 Å². The molecule has 8 heteroatoms. The van der Waals surface area contributed by atoms with E-state index < -0.39 is 0 Å². The van der Waals surface area contributed by atoms with Crippen LogP contribution in [-0.2, 0) is 19.1 Å². The molecule has 0 fully saturated rings. The number of amides is 2. The lowest BCUT2D eigenvalue weighted by Gasteiger charge is -2.24. The van der Waals surface area contributed by atoms with E-state index in [-0.39, 0.29) is 24.5 Å². The minimum Gasteiger partial charge on any atom is -0.395 e. The van der Waals surface area contributed by atoms with Gasteiger partial charge in [-0.3, -0.25) is 9.59 Å². The molecular weight excluding hydrogens is 699 g/mol. The van der Waals surface area contributed by atoms with E-state index in [1.807, 2.05) is 11.9 Å². The average Bonchev–Trinajstić information content (AvgIpc) is 3.19. The van der Waals surface area contributed by atoms with Crippen molar-refractivity contribution in [2.75, 3.05) is 59.7 Å². The number of ether oxygens (including phenoxy) is 2. The molecule has 0 heterocycles. The molecule has 0 saturated heterocycles. The quantitative estimate of drug-likeness (QED) is 0.0531. The van der Waals surface area contributed by atoms with Crippen molar-refractivity contribution < 1.29 is 24.2 Å². The molecule has 0 radical (unpaired) electrons. The molecule has 1 unspecified atom stereocenters. The lowest BCUT2D eigenvalue weighted by atomic mass is 9.94. The van der Waals surface area contributed by atoms with Crippen LogP contribution in [0.3, 0.4) is 0 Å². The highest BCUT2D eigenvalue weighted by Crippen LogP contribution is 2.20. The van der Waals surface area contributed by atoms with Gasteiger partial charge >= 0.3 is 0 Å². The van der Waals surface area contributed by atoms with Crippen molar-refractivity contribution in [2.45, 2.75) is 226 Å². The number of aliphatic hydroxyl groups excluding tert-OH is 1. The second kappa shape index (κ2) is 43.4. The minimum atomic E-state index is -0.241. The molecule has 0 aliphatic heterocycles. The van der Waals surface area contributed by atoms with Crippen molar-refractivity contribution in [3.8, 4) is 0 Å². The summed E-state index contributed by atoms with van der Waals surface area (Å²) in [5.41, 5.74) is 0. The molecule has 56 heavy (non-hydrogen) atoms. The molecule has 334 valence electrons. The van der Waals surface area contributed by atoms with Crippen molar-refractivity contribution in [3.63, 3.8) is 0 Å². The maximum atomic E-state index is 12.9. The third kappa shape index (κ3) is 38.3. The summed E-state index contributed by atoms with van der Waals surface area (Å²) in [6.45, 7) is 12.8. The van der Waals surface area contributed by atoms with E-state index >= 15 is 0 Å². The number of carbonyl (C=O) groups excluding carboxylic acids is 2. The van der Waals surface area contributed by atoms with Crippen LogP contribution in [0, 0.1) is 11.8 Å². The van der Waals surface area contributed by atoms with Gasteiger partial charge in [-0.15, -0.1) is 0 Å². The summed E-state index contributed by atoms with van der Waals surface area (Å²) in [4.78, 5) is 27.8. The normalized spacial score (nSPS) is 12.3. The molecule has 3 N–H and O–H groups in total. The molecule has 2 amide bonds. The van der Waals surface area contributed by atoms with E-state index in [1.165, 1.54) is 180 Å². The highest BCUT2D eigenvalue weighted by molar-refractivity contribution is 5.76. The predicted molar refractivity (Wildman–Crippen MR) is 239 cm³/mol. The number of carbonyl (C=O) groups is 2. The van der Waals surface area contributed by atoms with Gasteiger partial charge in [-0.1, -0.05) is 182 Å². The lowest BCUT2D eigenvalue weighted by Crippen LogP contribution is -2.37. The Bertz CT molecular complexity index is 799. The molecule has 0 saturated carbocycles. The van der Waals surface area contributed by atoms with Crippen LogP contribution >= 0.6 is 0 Å². The molecule has 0 aliphatic rings. The zero-order chi connectivity index (χ0) is 41.2. The van der Waals surface area contributed by atoms with E-state index in [1.54, 1.807) is 0 Å². The lowest BCUT2D eigenvalue weighted by molar-refractivity contribution is -0.125. The number of unbranched alkanes of at least 4 members (excludes halogenated alkanes) is 20. The standard InChI is InChI=1S/C48H97N3O5/c1-6-10-14-18-22-26-30-44(31-27-23-19-15-11-7-2)40-49-47(53)34-38-55-43-46(42-51(5)36-37-52)56-39-35-48(54)50-41-45(32-28-24-20-16-12-8-3)33-29-25-21-17-13-9-4/h44-46,52H,6-43H2,1-5H3,(H,49,53)(H,50,54). The van der Waals surface area contributed by atoms with Crippen molar-refractivity contribution in [2.24, 2.45) is 11.8 Å². The number of nitrogens with one attached hydrogen (secondary N) is 2. The molecule has 0 spiro atoms. The molecular formula is C48H97N3O5. The Hall–Kier alpha value is -1.22. The van der Waals surface area contributed by atoms with Gasteiger partial charge in [0.1, 0.15) is 0 Å². The maximum Gasteiger partial charge on any atom is 0.222 e. The number of rotatable bonds is 45. The fourth-order valence-electron chi connectivity index (χ4n) is 7.70. The van der Waals surface area contributed by atoms with Crippen LogP contribution in [0.2, 0.25) is 0 Å². The fourth-order valence-corrected chi connectivity index (χ4v) is 7.70. The topological polar surface area (TPSA) is 100 Å². The zero-order valence-electron chi connectivity index (χ0n) is 38.1. The highest BCUT2D eigenvalue weighted by Gasteiger charge is 2.16. The molecule has 0 aromatic heterocycles. The van der Waals surface area contributed by atoms with E-state index in [0.717, 1.165) is 13.1 Å². The Labute approximate surface area is 348 Å². The molecule has 0 aromatic rings. The maximum absolute atomic E-state index is 12.9. The summed E-state index contributed by atoms with van der Waals surface area (Å²) in [7, 11) is 1.95. The molecule has 0 aliphatic carbocycles. The van der Waals surface area contributed by atoms with Crippen LogP contribution in [0.25, 0.3) is 0 Å². The monoisotopic (exact) mass is 796 g/mol. The molecule has 0 aromatic carbocycles. The van der Waals surface area contributed by atoms with E-state index in [9.17, 15) is 14.7 Å². The Morgan fingerprint density at radius 3 is 1.27 bits per heavy atom. The van der Waals surface area contributed by atoms with Gasteiger partial charge in [0.25, 0.3) is 0 Å². The number of nitrogens with zero attached hydrogens (tertiary/aromatic N) is 1. The molecule has 0 bridgehead atoms.